The Hall–Kier alpha value is -0.710. The second kappa shape index (κ2) is 4.88. The summed E-state index contributed by atoms with van der Waals surface area (Å²) in [6.45, 7) is 4.25. The van der Waals surface area contributed by atoms with Crippen molar-refractivity contribution in [1.82, 2.24) is 10.3 Å². The summed E-state index contributed by atoms with van der Waals surface area (Å²) in [5.41, 5.74) is 1.17. The van der Waals surface area contributed by atoms with Gasteiger partial charge >= 0.3 is 0 Å². The molecule has 1 fully saturated rings. The molecule has 1 aliphatic rings. The Kier molecular flexibility index (Phi) is 3.27. The van der Waals surface area contributed by atoms with Gasteiger partial charge in [-0.15, -0.1) is 22.7 Å². The maximum absolute atomic E-state index is 4.74. The van der Waals surface area contributed by atoms with Crippen LogP contribution in [0.25, 0.3) is 10.6 Å². The van der Waals surface area contributed by atoms with Crippen LogP contribution in [0.15, 0.2) is 17.5 Å². The zero-order chi connectivity index (χ0) is 11.7. The first-order chi connectivity index (χ1) is 8.33. The average molecular weight is 264 g/mol. The van der Waals surface area contributed by atoms with E-state index >= 15 is 0 Å². The number of nitrogens with zero attached hydrogens (tertiary/aromatic N) is 1. The monoisotopic (exact) mass is 264 g/mol. The highest BCUT2D eigenvalue weighted by Crippen LogP contribution is 2.31. The molecular formula is C13H16N2S2. The highest BCUT2D eigenvalue weighted by atomic mass is 32.1. The maximum atomic E-state index is 4.74. The second-order valence-corrected chi connectivity index (χ2v) is 6.80. The molecule has 0 atom stereocenters. The van der Waals surface area contributed by atoms with Crippen LogP contribution in [-0.2, 0) is 6.54 Å². The van der Waals surface area contributed by atoms with Gasteiger partial charge in [-0.25, -0.2) is 4.98 Å². The molecule has 0 bridgehead atoms. The van der Waals surface area contributed by atoms with Gasteiger partial charge in [0.1, 0.15) is 5.01 Å². The lowest BCUT2D eigenvalue weighted by Crippen LogP contribution is -2.15. The predicted octanol–water partition coefficient (Wildman–Crippen LogP) is 3.68. The Labute approximate surface area is 110 Å². The Bertz CT molecular complexity index is 483. The van der Waals surface area contributed by atoms with Gasteiger partial charge in [0.15, 0.2) is 0 Å². The van der Waals surface area contributed by atoms with E-state index in [1.165, 1.54) is 33.3 Å². The van der Waals surface area contributed by atoms with E-state index in [1.807, 2.05) is 11.3 Å². The minimum absolute atomic E-state index is 0.924. The number of thiazole rings is 1. The van der Waals surface area contributed by atoms with Crippen molar-refractivity contribution in [3.05, 3.63) is 27.4 Å². The summed E-state index contributed by atoms with van der Waals surface area (Å²) in [5.74, 6) is 0.938. The molecule has 2 aromatic heterocycles. The second-order valence-electron chi connectivity index (χ2n) is 4.56. The van der Waals surface area contributed by atoms with E-state index in [0.717, 1.165) is 19.0 Å². The van der Waals surface area contributed by atoms with E-state index in [9.17, 15) is 0 Å². The lowest BCUT2D eigenvalue weighted by atomic mass is 10.3. The van der Waals surface area contributed by atoms with Crippen molar-refractivity contribution in [2.75, 3.05) is 6.54 Å². The minimum Gasteiger partial charge on any atom is -0.310 e. The summed E-state index contributed by atoms with van der Waals surface area (Å²) >= 11 is 3.58. The van der Waals surface area contributed by atoms with Crippen LogP contribution in [0.1, 0.15) is 22.7 Å². The average Bonchev–Trinajstić information content (AvgIpc) is 2.85. The molecule has 2 nitrogen and oxygen atoms in total. The summed E-state index contributed by atoms with van der Waals surface area (Å²) in [5, 5.41) is 6.83. The standard InChI is InChI=1S/C13H16N2S2/c1-9-13(11-3-2-6-16-11)15-12(17-9)8-14-7-10-4-5-10/h2-3,6,10,14H,4-5,7-8H2,1H3. The van der Waals surface area contributed by atoms with Crippen molar-refractivity contribution in [2.45, 2.75) is 26.3 Å². The van der Waals surface area contributed by atoms with Gasteiger partial charge in [-0.3, -0.25) is 0 Å². The van der Waals surface area contributed by atoms with Gasteiger partial charge in [0.25, 0.3) is 0 Å². The number of aromatic nitrogens is 1. The number of hydrogen-bond acceptors (Lipinski definition) is 4. The molecule has 1 saturated carbocycles. The number of hydrogen-bond donors (Lipinski definition) is 1. The van der Waals surface area contributed by atoms with Crippen LogP contribution in [0.3, 0.4) is 0 Å². The molecule has 4 heteroatoms. The predicted molar refractivity (Wildman–Crippen MR) is 74.6 cm³/mol. The van der Waals surface area contributed by atoms with E-state index in [2.05, 4.69) is 29.8 Å². The van der Waals surface area contributed by atoms with Gasteiger partial charge in [-0.1, -0.05) is 6.07 Å². The van der Waals surface area contributed by atoms with E-state index in [-0.39, 0.29) is 0 Å². The molecule has 2 aromatic rings. The van der Waals surface area contributed by atoms with Gasteiger partial charge in [0.05, 0.1) is 10.6 Å². The fourth-order valence-corrected chi connectivity index (χ4v) is 3.63. The van der Waals surface area contributed by atoms with Crippen LogP contribution in [0.2, 0.25) is 0 Å². The van der Waals surface area contributed by atoms with E-state index in [0.29, 0.717) is 0 Å². The van der Waals surface area contributed by atoms with Crippen LogP contribution >= 0.6 is 22.7 Å². The lowest BCUT2D eigenvalue weighted by molar-refractivity contribution is 0.637. The zero-order valence-corrected chi connectivity index (χ0v) is 11.5. The molecule has 0 aliphatic heterocycles. The lowest BCUT2D eigenvalue weighted by Gasteiger charge is -1.98. The molecule has 0 amide bonds. The van der Waals surface area contributed by atoms with Gasteiger partial charge < -0.3 is 5.32 Å². The number of nitrogens with one attached hydrogen (secondary N) is 1. The molecule has 3 rings (SSSR count). The van der Waals surface area contributed by atoms with Crippen LogP contribution in [0, 0.1) is 12.8 Å². The first-order valence-corrected chi connectivity index (χ1v) is 7.73. The van der Waals surface area contributed by atoms with Crippen LogP contribution < -0.4 is 5.32 Å². The third-order valence-electron chi connectivity index (χ3n) is 3.00. The van der Waals surface area contributed by atoms with Gasteiger partial charge in [0.2, 0.25) is 0 Å². The van der Waals surface area contributed by atoms with Crippen molar-refractivity contribution in [3.63, 3.8) is 0 Å². The van der Waals surface area contributed by atoms with Crippen molar-refractivity contribution < 1.29 is 0 Å². The Morgan fingerprint density at radius 2 is 2.35 bits per heavy atom. The van der Waals surface area contributed by atoms with E-state index in [4.69, 9.17) is 4.98 Å². The fourth-order valence-electron chi connectivity index (χ4n) is 1.87. The Morgan fingerprint density at radius 3 is 3.06 bits per heavy atom. The molecule has 0 aromatic carbocycles. The number of thiophene rings is 1. The van der Waals surface area contributed by atoms with E-state index < -0.39 is 0 Å². The first kappa shape index (κ1) is 11.4. The van der Waals surface area contributed by atoms with Crippen molar-refractivity contribution >= 4 is 22.7 Å². The molecule has 0 spiro atoms. The molecule has 0 radical (unpaired) electrons. The summed E-state index contributed by atoms with van der Waals surface area (Å²) in [7, 11) is 0. The zero-order valence-electron chi connectivity index (χ0n) is 9.90. The fraction of sp³-hybridized carbons (Fsp3) is 0.462. The molecule has 90 valence electrons. The van der Waals surface area contributed by atoms with Gasteiger partial charge in [0, 0.05) is 11.4 Å². The normalized spacial score (nSPS) is 15.4. The number of aryl methyl sites for hydroxylation is 1. The third-order valence-corrected chi connectivity index (χ3v) is 4.85. The number of rotatable bonds is 5. The SMILES string of the molecule is Cc1sc(CNCC2CC2)nc1-c1cccs1. The molecule has 1 N–H and O–H groups in total. The highest BCUT2D eigenvalue weighted by Gasteiger charge is 2.20. The molecular weight excluding hydrogens is 248 g/mol. The molecule has 0 saturated heterocycles. The highest BCUT2D eigenvalue weighted by molar-refractivity contribution is 7.15. The molecule has 17 heavy (non-hydrogen) atoms. The van der Waals surface area contributed by atoms with Gasteiger partial charge in [-0.2, -0.15) is 0 Å². The molecule has 0 unspecified atom stereocenters. The summed E-state index contributed by atoms with van der Waals surface area (Å²) in [4.78, 5) is 7.35. The summed E-state index contributed by atoms with van der Waals surface area (Å²) in [6, 6.07) is 4.23. The smallest absolute Gasteiger partial charge is 0.107 e. The van der Waals surface area contributed by atoms with Crippen molar-refractivity contribution in [1.29, 1.82) is 0 Å². The first-order valence-electron chi connectivity index (χ1n) is 6.04. The molecule has 1 aliphatic carbocycles. The topological polar surface area (TPSA) is 24.9 Å². The summed E-state index contributed by atoms with van der Waals surface area (Å²) < 4.78 is 0. The quantitative estimate of drug-likeness (QED) is 0.891. The van der Waals surface area contributed by atoms with Crippen LogP contribution in [-0.4, -0.2) is 11.5 Å². The largest absolute Gasteiger partial charge is 0.310 e. The Balaban J connectivity index is 1.67. The third kappa shape index (κ3) is 2.76. The van der Waals surface area contributed by atoms with Crippen LogP contribution in [0.5, 0.6) is 0 Å². The Morgan fingerprint density at radius 1 is 1.47 bits per heavy atom. The minimum atomic E-state index is 0.924. The summed E-state index contributed by atoms with van der Waals surface area (Å²) in [6.07, 6.45) is 2.81. The maximum Gasteiger partial charge on any atom is 0.107 e. The van der Waals surface area contributed by atoms with Crippen molar-refractivity contribution in [2.24, 2.45) is 5.92 Å². The van der Waals surface area contributed by atoms with E-state index in [1.54, 1.807) is 11.3 Å². The van der Waals surface area contributed by atoms with Gasteiger partial charge in [-0.05, 0) is 43.7 Å². The van der Waals surface area contributed by atoms with Crippen LogP contribution in [0.4, 0.5) is 0 Å². The molecule has 2 heterocycles. The van der Waals surface area contributed by atoms with Crippen molar-refractivity contribution in [3.8, 4) is 10.6 Å².